The first-order valence-corrected chi connectivity index (χ1v) is 5.75. The van der Waals surface area contributed by atoms with E-state index in [1.165, 1.54) is 15.6 Å². The molecular weight excluding hydrogens is 277 g/mol. The summed E-state index contributed by atoms with van der Waals surface area (Å²) in [4.78, 5) is 0. The lowest BCUT2D eigenvalue weighted by atomic mass is 9.90. The van der Waals surface area contributed by atoms with Crippen molar-refractivity contribution >= 4 is 28.3 Å². The molecule has 1 fully saturated rings. The third kappa shape index (κ3) is 1.82. The highest BCUT2D eigenvalue weighted by molar-refractivity contribution is 9.10. The Kier molecular flexibility index (Phi) is 3.36. The van der Waals surface area contributed by atoms with Gasteiger partial charge >= 0.3 is 0 Å². The molecule has 0 saturated carbocycles. The van der Waals surface area contributed by atoms with Crippen LogP contribution in [0.25, 0.3) is 0 Å². The summed E-state index contributed by atoms with van der Waals surface area (Å²) in [7, 11) is 0. The molecule has 3 rings (SSSR count). The quantitative estimate of drug-likeness (QED) is 0.792. The molecule has 2 aliphatic rings. The number of nitrogens with one attached hydrogen (secondary N) is 1. The van der Waals surface area contributed by atoms with E-state index in [0.717, 1.165) is 19.7 Å². The summed E-state index contributed by atoms with van der Waals surface area (Å²) in [5.74, 6) is 0.552. The van der Waals surface area contributed by atoms with Gasteiger partial charge in [-0.05, 0) is 17.2 Å². The van der Waals surface area contributed by atoms with Crippen LogP contribution >= 0.6 is 28.3 Å². The second-order valence-corrected chi connectivity index (χ2v) is 4.78. The second-order valence-electron chi connectivity index (χ2n) is 3.92. The molecule has 0 amide bonds. The Labute approximate surface area is 104 Å². The average Bonchev–Trinajstić information content (AvgIpc) is 2.66. The van der Waals surface area contributed by atoms with Gasteiger partial charge < -0.3 is 10.1 Å². The number of hydrogen-bond acceptors (Lipinski definition) is 2. The first-order chi connectivity index (χ1) is 6.86. The fourth-order valence-corrected chi connectivity index (χ4v) is 2.90. The molecule has 0 spiro atoms. The van der Waals surface area contributed by atoms with Gasteiger partial charge in [0.2, 0.25) is 0 Å². The van der Waals surface area contributed by atoms with Crippen LogP contribution in [0.3, 0.4) is 0 Å². The monoisotopic (exact) mass is 289 g/mol. The smallest absolute Gasteiger partial charge is 0.0784 e. The maximum atomic E-state index is 5.82. The standard InChI is InChI=1S/C11H12BrNO.ClH/c12-10-3-1-2-7-8-4-13-5-11(8)14-6-9(7)10;/h1-3,8,11,13H,4-6H2;1H/t8-,11-;/m1./s1. The fourth-order valence-electron chi connectivity index (χ4n) is 2.41. The summed E-state index contributed by atoms with van der Waals surface area (Å²) in [5.41, 5.74) is 2.79. The molecule has 2 aliphatic heterocycles. The predicted octanol–water partition coefficient (Wildman–Crippen LogP) is 2.46. The van der Waals surface area contributed by atoms with Crippen molar-refractivity contribution in [2.45, 2.75) is 18.6 Å². The van der Waals surface area contributed by atoms with Crippen LogP contribution in [-0.4, -0.2) is 19.2 Å². The van der Waals surface area contributed by atoms with Crippen LogP contribution in [0.2, 0.25) is 0 Å². The van der Waals surface area contributed by atoms with Crippen LogP contribution < -0.4 is 5.32 Å². The number of fused-ring (bicyclic) bond motifs is 3. The lowest BCUT2D eigenvalue weighted by molar-refractivity contribution is 0.0295. The van der Waals surface area contributed by atoms with Gasteiger partial charge in [-0.15, -0.1) is 12.4 Å². The Bertz CT molecular complexity index is 372. The largest absolute Gasteiger partial charge is 0.371 e. The fraction of sp³-hybridized carbons (Fsp3) is 0.455. The minimum atomic E-state index is 0. The topological polar surface area (TPSA) is 21.3 Å². The van der Waals surface area contributed by atoms with Crippen molar-refractivity contribution in [2.24, 2.45) is 0 Å². The van der Waals surface area contributed by atoms with Gasteiger partial charge in [-0.1, -0.05) is 28.1 Å². The van der Waals surface area contributed by atoms with Crippen LogP contribution in [0.5, 0.6) is 0 Å². The van der Waals surface area contributed by atoms with E-state index in [0.29, 0.717) is 12.0 Å². The summed E-state index contributed by atoms with van der Waals surface area (Å²) < 4.78 is 7.00. The number of ether oxygens (including phenoxy) is 1. The van der Waals surface area contributed by atoms with Crippen LogP contribution in [0, 0.1) is 0 Å². The Balaban J connectivity index is 0.000000853. The van der Waals surface area contributed by atoms with Crippen molar-refractivity contribution in [3.8, 4) is 0 Å². The number of benzene rings is 1. The molecule has 0 radical (unpaired) electrons. The van der Waals surface area contributed by atoms with Crippen molar-refractivity contribution in [2.75, 3.05) is 13.1 Å². The van der Waals surface area contributed by atoms with E-state index in [1.807, 2.05) is 0 Å². The molecule has 2 atom stereocenters. The maximum absolute atomic E-state index is 5.82. The summed E-state index contributed by atoms with van der Waals surface area (Å²) in [6.45, 7) is 2.80. The highest BCUT2D eigenvalue weighted by Gasteiger charge is 2.34. The van der Waals surface area contributed by atoms with E-state index < -0.39 is 0 Å². The van der Waals surface area contributed by atoms with Gasteiger partial charge in [0.1, 0.15) is 0 Å². The molecule has 0 aromatic heterocycles. The number of rotatable bonds is 0. The highest BCUT2D eigenvalue weighted by Crippen LogP contribution is 2.36. The minimum absolute atomic E-state index is 0. The zero-order valence-electron chi connectivity index (χ0n) is 8.20. The van der Waals surface area contributed by atoms with Crippen LogP contribution in [0.4, 0.5) is 0 Å². The highest BCUT2D eigenvalue weighted by atomic mass is 79.9. The molecular formula is C11H13BrClNO. The average molecular weight is 291 g/mol. The van der Waals surface area contributed by atoms with Gasteiger partial charge in [-0.3, -0.25) is 0 Å². The van der Waals surface area contributed by atoms with Crippen LogP contribution in [-0.2, 0) is 11.3 Å². The summed E-state index contributed by atoms with van der Waals surface area (Å²) in [5, 5.41) is 3.38. The summed E-state index contributed by atoms with van der Waals surface area (Å²) in [6, 6.07) is 6.43. The molecule has 1 saturated heterocycles. The van der Waals surface area contributed by atoms with E-state index in [-0.39, 0.29) is 12.4 Å². The Hall–Kier alpha value is -0.0900. The molecule has 1 aromatic carbocycles. The van der Waals surface area contributed by atoms with E-state index in [4.69, 9.17) is 4.74 Å². The lowest BCUT2D eigenvalue weighted by Crippen LogP contribution is -2.26. The molecule has 0 unspecified atom stereocenters. The first-order valence-electron chi connectivity index (χ1n) is 4.96. The van der Waals surface area contributed by atoms with Crippen molar-refractivity contribution in [1.82, 2.24) is 5.32 Å². The zero-order valence-corrected chi connectivity index (χ0v) is 10.6. The molecule has 1 aromatic rings. The molecule has 2 heterocycles. The molecule has 0 bridgehead atoms. The normalized spacial score (nSPS) is 27.8. The molecule has 1 N–H and O–H groups in total. The summed E-state index contributed by atoms with van der Waals surface area (Å²) >= 11 is 3.58. The Morgan fingerprint density at radius 1 is 1.33 bits per heavy atom. The second kappa shape index (κ2) is 4.42. The molecule has 2 nitrogen and oxygen atoms in total. The molecule has 15 heavy (non-hydrogen) atoms. The van der Waals surface area contributed by atoms with Gasteiger partial charge in [-0.25, -0.2) is 0 Å². The third-order valence-corrected chi connectivity index (χ3v) is 3.90. The van der Waals surface area contributed by atoms with Gasteiger partial charge in [-0.2, -0.15) is 0 Å². The van der Waals surface area contributed by atoms with Crippen LogP contribution in [0.15, 0.2) is 22.7 Å². The van der Waals surface area contributed by atoms with Crippen molar-refractivity contribution in [1.29, 1.82) is 0 Å². The van der Waals surface area contributed by atoms with Gasteiger partial charge in [0.25, 0.3) is 0 Å². The van der Waals surface area contributed by atoms with E-state index in [9.17, 15) is 0 Å². The van der Waals surface area contributed by atoms with E-state index >= 15 is 0 Å². The number of halogens is 2. The Morgan fingerprint density at radius 3 is 3.07 bits per heavy atom. The predicted molar refractivity (Wildman–Crippen MR) is 65.6 cm³/mol. The van der Waals surface area contributed by atoms with Crippen molar-refractivity contribution in [3.63, 3.8) is 0 Å². The molecule has 0 aliphatic carbocycles. The van der Waals surface area contributed by atoms with Gasteiger partial charge in [0.05, 0.1) is 12.7 Å². The van der Waals surface area contributed by atoms with E-state index in [2.05, 4.69) is 39.4 Å². The third-order valence-electron chi connectivity index (χ3n) is 3.15. The first kappa shape index (κ1) is 11.4. The maximum Gasteiger partial charge on any atom is 0.0784 e. The zero-order chi connectivity index (χ0) is 9.54. The SMILES string of the molecule is Brc1cccc2c1CO[C@@H]1CNC[C@H]21.Cl. The van der Waals surface area contributed by atoms with Crippen LogP contribution in [0.1, 0.15) is 17.0 Å². The van der Waals surface area contributed by atoms with Crippen molar-refractivity contribution in [3.05, 3.63) is 33.8 Å². The number of hydrogen-bond donors (Lipinski definition) is 1. The van der Waals surface area contributed by atoms with E-state index in [1.54, 1.807) is 0 Å². The minimum Gasteiger partial charge on any atom is -0.371 e. The molecule has 82 valence electrons. The lowest BCUT2D eigenvalue weighted by Gasteiger charge is -2.28. The molecule has 4 heteroatoms. The summed E-state index contributed by atoms with van der Waals surface area (Å²) in [6.07, 6.45) is 0.386. The van der Waals surface area contributed by atoms with Gasteiger partial charge in [0, 0.05) is 23.5 Å². The Morgan fingerprint density at radius 2 is 2.20 bits per heavy atom. The van der Waals surface area contributed by atoms with Crippen molar-refractivity contribution < 1.29 is 4.74 Å². The van der Waals surface area contributed by atoms with Gasteiger partial charge in [0.15, 0.2) is 0 Å².